The first-order chi connectivity index (χ1) is 16.0. The molecule has 1 spiro atoms. The molecule has 0 saturated carbocycles. The van der Waals surface area contributed by atoms with Crippen molar-refractivity contribution in [2.24, 2.45) is 11.8 Å². The lowest BCUT2D eigenvalue weighted by atomic mass is 9.78. The van der Waals surface area contributed by atoms with E-state index >= 15 is 0 Å². The number of halogens is 1. The summed E-state index contributed by atoms with van der Waals surface area (Å²) in [5.41, 5.74) is 0.565. The Kier molecular flexibility index (Phi) is 6.01. The van der Waals surface area contributed by atoms with Crippen molar-refractivity contribution in [3.8, 4) is 0 Å². The molecule has 0 bridgehead atoms. The number of para-hydroxylation sites is 1. The number of hydrogen-bond acceptors (Lipinski definition) is 6. The molecular formula is C24H25ClN2O5S. The van der Waals surface area contributed by atoms with Crippen molar-refractivity contribution in [3.63, 3.8) is 0 Å². The molecule has 2 saturated heterocycles. The van der Waals surface area contributed by atoms with Gasteiger partial charge in [-0.25, -0.2) is 0 Å². The van der Waals surface area contributed by atoms with Crippen LogP contribution in [0.5, 0.6) is 0 Å². The number of nitrogens with zero attached hydrogens (tertiary/aromatic N) is 2. The fourth-order valence-electron chi connectivity index (χ4n) is 5.49. The summed E-state index contributed by atoms with van der Waals surface area (Å²) in [5, 5.41) is 9.88. The van der Waals surface area contributed by atoms with E-state index in [-0.39, 0.29) is 30.2 Å². The number of benzene rings is 1. The molecule has 174 valence electrons. The zero-order valence-electron chi connectivity index (χ0n) is 17.9. The molecule has 5 rings (SSSR count). The SMILES string of the molecule is O=C1OCCC/C=C\[C@@H]2S[C@]34C=CCN(c5ccccc5Cl)C(=O)C3N(CCO)C(=O)[C@@H]4[C@H]12. The zero-order valence-corrected chi connectivity index (χ0v) is 19.5. The van der Waals surface area contributed by atoms with E-state index in [9.17, 15) is 19.5 Å². The standard InChI is InChI=1S/C24H25ClN2O5S/c25-15-7-3-4-8-16(15)26-11-6-10-24-19(21(29)27(12-13-28)20(24)22(26)30)18-17(33-24)9-2-1-5-14-32-23(18)31/h2-4,6-10,17-20,28H,1,5,11-14H2/b9-2-/t17-,18+,19-,20?,24-/m0/s1. The van der Waals surface area contributed by atoms with Gasteiger partial charge in [0, 0.05) is 18.3 Å². The number of rotatable bonds is 3. The third-order valence-electron chi connectivity index (χ3n) is 6.84. The Labute approximate surface area is 201 Å². The monoisotopic (exact) mass is 488 g/mol. The number of cyclic esters (lactones) is 1. The molecule has 5 atom stereocenters. The summed E-state index contributed by atoms with van der Waals surface area (Å²) in [5.74, 6) is -2.39. The van der Waals surface area contributed by atoms with E-state index in [1.807, 2.05) is 30.4 Å². The van der Waals surface area contributed by atoms with Crippen LogP contribution in [0.4, 0.5) is 5.69 Å². The number of fused-ring (bicyclic) bond motifs is 2. The van der Waals surface area contributed by atoms with Gasteiger partial charge in [-0.05, 0) is 25.0 Å². The highest BCUT2D eigenvalue weighted by molar-refractivity contribution is 8.02. The van der Waals surface area contributed by atoms with E-state index in [1.165, 1.54) is 16.7 Å². The van der Waals surface area contributed by atoms with Gasteiger partial charge in [-0.2, -0.15) is 0 Å². The summed E-state index contributed by atoms with van der Waals surface area (Å²) in [6.45, 7) is 0.340. The molecule has 33 heavy (non-hydrogen) atoms. The van der Waals surface area contributed by atoms with Gasteiger partial charge in [0.15, 0.2) is 0 Å². The smallest absolute Gasteiger partial charge is 0.311 e. The predicted octanol–water partition coefficient (Wildman–Crippen LogP) is 2.43. The van der Waals surface area contributed by atoms with Crippen molar-refractivity contribution >= 4 is 46.8 Å². The van der Waals surface area contributed by atoms with E-state index in [0.29, 0.717) is 23.9 Å². The number of anilines is 1. The van der Waals surface area contributed by atoms with Crippen LogP contribution in [0.3, 0.4) is 0 Å². The normalized spacial score (nSPS) is 34.5. The zero-order chi connectivity index (χ0) is 23.2. The van der Waals surface area contributed by atoms with E-state index in [4.69, 9.17) is 16.3 Å². The van der Waals surface area contributed by atoms with Crippen LogP contribution in [0, 0.1) is 11.8 Å². The maximum Gasteiger partial charge on any atom is 0.311 e. The maximum atomic E-state index is 14.0. The van der Waals surface area contributed by atoms with E-state index in [1.54, 1.807) is 23.1 Å². The van der Waals surface area contributed by atoms with Crippen LogP contribution >= 0.6 is 23.4 Å². The molecule has 1 N–H and O–H groups in total. The van der Waals surface area contributed by atoms with Crippen molar-refractivity contribution < 1.29 is 24.2 Å². The number of hydrogen-bond donors (Lipinski definition) is 1. The van der Waals surface area contributed by atoms with Gasteiger partial charge in [-0.15, -0.1) is 11.8 Å². The largest absolute Gasteiger partial charge is 0.465 e. The topological polar surface area (TPSA) is 87.2 Å². The Hall–Kier alpha value is -2.29. The quantitative estimate of drug-likeness (QED) is 0.519. The molecular weight excluding hydrogens is 464 g/mol. The first kappa shape index (κ1) is 22.5. The van der Waals surface area contributed by atoms with Crippen molar-refractivity contribution in [3.05, 3.63) is 53.6 Å². The van der Waals surface area contributed by atoms with Gasteiger partial charge in [0.25, 0.3) is 5.91 Å². The average molecular weight is 489 g/mol. The van der Waals surface area contributed by atoms with Crippen LogP contribution in [-0.2, 0) is 19.1 Å². The lowest BCUT2D eigenvalue weighted by molar-refractivity contribution is -0.153. The summed E-state index contributed by atoms with van der Waals surface area (Å²) in [7, 11) is 0. The Morgan fingerprint density at radius 2 is 2.00 bits per heavy atom. The van der Waals surface area contributed by atoms with Crippen molar-refractivity contribution in [1.29, 1.82) is 0 Å². The second-order valence-corrected chi connectivity index (χ2v) is 10.5. The molecule has 2 amide bonds. The molecule has 9 heteroatoms. The number of thioether (sulfide) groups is 1. The van der Waals surface area contributed by atoms with Gasteiger partial charge in [0.1, 0.15) is 6.04 Å². The van der Waals surface area contributed by atoms with Crippen LogP contribution in [-0.4, -0.2) is 70.1 Å². The average Bonchev–Trinajstić information content (AvgIpc) is 3.20. The van der Waals surface area contributed by atoms with Gasteiger partial charge >= 0.3 is 5.97 Å². The molecule has 2 fully saturated rings. The summed E-state index contributed by atoms with van der Waals surface area (Å²) >= 11 is 7.90. The lowest BCUT2D eigenvalue weighted by Gasteiger charge is -2.35. The van der Waals surface area contributed by atoms with Crippen molar-refractivity contribution in [2.75, 3.05) is 31.2 Å². The number of aliphatic hydroxyl groups is 1. The molecule has 4 aliphatic heterocycles. The number of likely N-dealkylation sites (tertiary alicyclic amines) is 1. The second kappa shape index (κ2) is 8.81. The highest BCUT2D eigenvalue weighted by atomic mass is 35.5. The van der Waals surface area contributed by atoms with Gasteiger partial charge < -0.3 is 19.6 Å². The molecule has 0 radical (unpaired) electrons. The number of aliphatic hydroxyl groups excluding tert-OH is 1. The highest BCUT2D eigenvalue weighted by Gasteiger charge is 2.70. The highest BCUT2D eigenvalue weighted by Crippen LogP contribution is 2.60. The number of carbonyl (C=O) groups is 3. The fraction of sp³-hybridized carbons (Fsp3) is 0.458. The van der Waals surface area contributed by atoms with E-state index in [2.05, 4.69) is 0 Å². The Bertz CT molecular complexity index is 1050. The molecule has 4 heterocycles. The first-order valence-corrected chi connectivity index (χ1v) is 12.4. The Balaban J connectivity index is 1.62. The minimum Gasteiger partial charge on any atom is -0.465 e. The van der Waals surface area contributed by atoms with Crippen LogP contribution in [0.15, 0.2) is 48.6 Å². The molecule has 0 aromatic heterocycles. The molecule has 7 nitrogen and oxygen atoms in total. The summed E-state index contributed by atoms with van der Waals surface area (Å²) in [6.07, 6.45) is 9.37. The number of β-amino-alcohol motifs (C(OH)–C–C–N with tert-alkyl or cyclic N) is 1. The summed E-state index contributed by atoms with van der Waals surface area (Å²) in [6, 6.07) is 6.23. The first-order valence-electron chi connectivity index (χ1n) is 11.2. The molecule has 1 aromatic carbocycles. The van der Waals surface area contributed by atoms with Crippen LogP contribution < -0.4 is 4.90 Å². The predicted molar refractivity (Wildman–Crippen MR) is 126 cm³/mol. The third kappa shape index (κ3) is 3.50. The maximum absolute atomic E-state index is 14.0. The number of carbonyl (C=O) groups excluding carboxylic acids is 3. The summed E-state index contributed by atoms with van der Waals surface area (Å²) < 4.78 is 4.59. The summed E-state index contributed by atoms with van der Waals surface area (Å²) in [4.78, 5) is 43.9. The Morgan fingerprint density at radius 1 is 1.18 bits per heavy atom. The fourth-order valence-corrected chi connectivity index (χ4v) is 7.73. The van der Waals surface area contributed by atoms with E-state index in [0.717, 1.165) is 12.8 Å². The van der Waals surface area contributed by atoms with Gasteiger partial charge in [-0.3, -0.25) is 14.4 Å². The number of esters is 1. The molecule has 1 unspecified atom stereocenters. The van der Waals surface area contributed by atoms with Gasteiger partial charge in [-0.1, -0.05) is 48.0 Å². The number of allylic oxidation sites excluding steroid dienone is 1. The lowest BCUT2D eigenvalue weighted by Crippen LogP contribution is -2.53. The molecule has 0 aliphatic carbocycles. The minimum atomic E-state index is -0.933. The van der Waals surface area contributed by atoms with Gasteiger partial charge in [0.05, 0.1) is 40.5 Å². The third-order valence-corrected chi connectivity index (χ3v) is 8.90. The van der Waals surface area contributed by atoms with Crippen LogP contribution in [0.1, 0.15) is 12.8 Å². The Morgan fingerprint density at radius 3 is 2.79 bits per heavy atom. The van der Waals surface area contributed by atoms with Gasteiger partial charge in [0.2, 0.25) is 5.91 Å². The minimum absolute atomic E-state index is 0.0144. The molecule has 1 aromatic rings. The second-order valence-electron chi connectivity index (χ2n) is 8.64. The molecule has 4 aliphatic rings. The number of ether oxygens (including phenoxy) is 1. The van der Waals surface area contributed by atoms with Crippen molar-refractivity contribution in [2.45, 2.75) is 28.9 Å². The van der Waals surface area contributed by atoms with Crippen LogP contribution in [0.25, 0.3) is 0 Å². The van der Waals surface area contributed by atoms with E-state index < -0.39 is 28.6 Å². The number of amides is 2. The van der Waals surface area contributed by atoms with Crippen molar-refractivity contribution in [1.82, 2.24) is 4.90 Å². The van der Waals surface area contributed by atoms with Crippen LogP contribution in [0.2, 0.25) is 5.02 Å².